The number of pyridine rings is 1. The van der Waals surface area contributed by atoms with Gasteiger partial charge in [0.25, 0.3) is 0 Å². The van der Waals surface area contributed by atoms with Crippen LogP contribution in [0.3, 0.4) is 0 Å². The number of anilines is 2. The van der Waals surface area contributed by atoms with E-state index < -0.39 is 6.29 Å². The summed E-state index contributed by atoms with van der Waals surface area (Å²) in [6.45, 7) is 6.21. The summed E-state index contributed by atoms with van der Waals surface area (Å²) in [5.41, 5.74) is 6.93. The van der Waals surface area contributed by atoms with Gasteiger partial charge in [-0.1, -0.05) is 0 Å². The second-order valence-corrected chi connectivity index (χ2v) is 9.07. The van der Waals surface area contributed by atoms with Crippen molar-refractivity contribution in [1.82, 2.24) is 34.5 Å². The first kappa shape index (κ1) is 24.2. The van der Waals surface area contributed by atoms with Crippen LogP contribution in [0.4, 0.5) is 11.5 Å². The Kier molecular flexibility index (Phi) is 6.54. The van der Waals surface area contributed by atoms with E-state index in [2.05, 4.69) is 25.6 Å². The minimum absolute atomic E-state index is 0.466. The molecule has 1 aliphatic rings. The fraction of sp³-hybridized carbons (Fsp3) is 0.296. The molecule has 194 valence electrons. The summed E-state index contributed by atoms with van der Waals surface area (Å²) in [4.78, 5) is 9.71. The van der Waals surface area contributed by atoms with Gasteiger partial charge in [-0.3, -0.25) is 9.25 Å². The molecule has 1 fully saturated rings. The van der Waals surface area contributed by atoms with E-state index in [4.69, 9.17) is 19.2 Å². The lowest BCUT2D eigenvalue weighted by atomic mass is 10.1. The monoisotopic (exact) mass is 512 g/mol. The van der Waals surface area contributed by atoms with Crippen LogP contribution in [0.2, 0.25) is 0 Å². The van der Waals surface area contributed by atoms with Gasteiger partial charge in [0.05, 0.1) is 54.5 Å². The highest BCUT2D eigenvalue weighted by Crippen LogP contribution is 2.34. The zero-order chi connectivity index (χ0) is 26.1. The van der Waals surface area contributed by atoms with Gasteiger partial charge in [-0.25, -0.2) is 9.97 Å². The molecular weight excluding hydrogens is 484 g/mol. The number of aromatic nitrogens is 7. The first-order valence-electron chi connectivity index (χ1n) is 12.4. The molecule has 4 aromatic heterocycles. The normalized spacial score (nSPS) is 14.0. The number of nitrogens with one attached hydrogen (secondary N) is 1. The van der Waals surface area contributed by atoms with Gasteiger partial charge >= 0.3 is 0 Å². The first-order chi connectivity index (χ1) is 18.6. The number of rotatable bonds is 8. The number of hydrogen-bond acceptors (Lipinski definition) is 9. The number of aryl methyl sites for hydroxylation is 2. The third-order valence-electron chi connectivity index (χ3n) is 6.38. The Hall–Kier alpha value is -4.19. The zero-order valence-corrected chi connectivity index (χ0v) is 21.5. The fourth-order valence-electron chi connectivity index (χ4n) is 4.47. The molecule has 0 radical (unpaired) electrons. The second kappa shape index (κ2) is 10.3. The molecule has 6 rings (SSSR count). The molecule has 11 nitrogen and oxygen atoms in total. The van der Waals surface area contributed by atoms with E-state index in [0.29, 0.717) is 32.2 Å². The van der Waals surface area contributed by atoms with Gasteiger partial charge < -0.3 is 19.5 Å². The van der Waals surface area contributed by atoms with E-state index in [1.54, 1.807) is 13.4 Å². The number of hydrogen-bond donors (Lipinski definition) is 1. The maximum atomic E-state index is 5.84. The van der Waals surface area contributed by atoms with Gasteiger partial charge in [0.2, 0.25) is 0 Å². The average molecular weight is 513 g/mol. The quantitative estimate of drug-likeness (QED) is 0.328. The number of imidazole rings is 1. The highest BCUT2D eigenvalue weighted by Gasteiger charge is 2.25. The van der Waals surface area contributed by atoms with Crippen LogP contribution in [0.5, 0.6) is 0 Å². The molecule has 0 atom stereocenters. The molecule has 1 N–H and O–H groups in total. The molecule has 0 bridgehead atoms. The van der Waals surface area contributed by atoms with Crippen LogP contribution in [0.25, 0.3) is 28.1 Å². The number of benzene rings is 1. The van der Waals surface area contributed by atoms with Crippen molar-refractivity contribution in [2.24, 2.45) is 0 Å². The number of nitrogens with zero attached hydrogens (tertiary/aromatic N) is 7. The predicted octanol–water partition coefficient (Wildman–Crippen LogP) is 4.13. The lowest BCUT2D eigenvalue weighted by Crippen LogP contribution is -2.06. The van der Waals surface area contributed by atoms with Crippen molar-refractivity contribution in [2.45, 2.75) is 26.7 Å². The van der Waals surface area contributed by atoms with Crippen LogP contribution in [0, 0.1) is 13.8 Å². The molecule has 11 heteroatoms. The van der Waals surface area contributed by atoms with Crippen molar-refractivity contribution in [3.05, 3.63) is 71.9 Å². The van der Waals surface area contributed by atoms with Crippen LogP contribution in [0.1, 0.15) is 23.2 Å². The Bertz CT molecular complexity index is 1570. The number of fused-ring (bicyclic) bond motifs is 1. The smallest absolute Gasteiger partial charge is 0.186 e. The Labute approximate surface area is 219 Å². The maximum Gasteiger partial charge on any atom is 0.186 e. The standard InChI is InChI=1S/C27H28N8O3/c1-17-4-8-24(32-31-17)29-19-5-7-23-22(14-19)28-16-35(23)25-9-6-20(27-37-12-13-38-27)26(30-25)21-15-34(10-11-36-3)33-18(21)2/h4-9,14-16,27H,10-13H2,1-3H3,(H,29,32). The van der Waals surface area contributed by atoms with Crippen molar-refractivity contribution in [2.75, 3.05) is 32.2 Å². The van der Waals surface area contributed by atoms with E-state index in [1.807, 2.05) is 71.8 Å². The van der Waals surface area contributed by atoms with Crippen molar-refractivity contribution in [3.8, 4) is 17.1 Å². The molecule has 38 heavy (non-hydrogen) atoms. The Morgan fingerprint density at radius 1 is 1.05 bits per heavy atom. The van der Waals surface area contributed by atoms with Gasteiger partial charge in [-0.15, -0.1) is 5.10 Å². The largest absolute Gasteiger partial charge is 0.383 e. The Morgan fingerprint density at radius 2 is 1.92 bits per heavy atom. The minimum atomic E-state index is -0.466. The van der Waals surface area contributed by atoms with Crippen LogP contribution in [0.15, 0.2) is 55.0 Å². The minimum Gasteiger partial charge on any atom is -0.383 e. The molecule has 0 spiro atoms. The summed E-state index contributed by atoms with van der Waals surface area (Å²) in [6.07, 6.45) is 3.31. The molecule has 0 unspecified atom stereocenters. The van der Waals surface area contributed by atoms with Crippen LogP contribution < -0.4 is 5.32 Å². The average Bonchev–Trinajstić information content (AvgIpc) is 3.68. The van der Waals surface area contributed by atoms with Crippen LogP contribution in [-0.4, -0.2) is 61.4 Å². The summed E-state index contributed by atoms with van der Waals surface area (Å²) in [5, 5.41) is 16.2. The molecule has 5 heterocycles. The lowest BCUT2D eigenvalue weighted by Gasteiger charge is -2.15. The van der Waals surface area contributed by atoms with Crippen molar-refractivity contribution in [1.29, 1.82) is 0 Å². The van der Waals surface area contributed by atoms with Crippen LogP contribution >= 0.6 is 0 Å². The van der Waals surface area contributed by atoms with Crippen molar-refractivity contribution in [3.63, 3.8) is 0 Å². The summed E-state index contributed by atoms with van der Waals surface area (Å²) in [7, 11) is 1.68. The lowest BCUT2D eigenvalue weighted by molar-refractivity contribution is -0.0438. The third-order valence-corrected chi connectivity index (χ3v) is 6.38. The molecule has 1 aliphatic heterocycles. The summed E-state index contributed by atoms with van der Waals surface area (Å²) < 4.78 is 20.7. The number of ether oxygens (including phenoxy) is 3. The second-order valence-electron chi connectivity index (χ2n) is 9.07. The zero-order valence-electron chi connectivity index (χ0n) is 21.5. The summed E-state index contributed by atoms with van der Waals surface area (Å²) >= 11 is 0. The van der Waals surface area contributed by atoms with Gasteiger partial charge in [-0.2, -0.15) is 10.2 Å². The first-order valence-corrected chi connectivity index (χ1v) is 12.4. The van der Waals surface area contributed by atoms with Gasteiger partial charge in [0.15, 0.2) is 12.1 Å². The SMILES string of the molecule is COCCn1cc(-c2nc(-n3cnc4cc(Nc5ccc(C)nn5)ccc43)ccc2C2OCCO2)c(C)n1. The van der Waals surface area contributed by atoms with E-state index in [9.17, 15) is 0 Å². The van der Waals surface area contributed by atoms with Crippen LogP contribution in [-0.2, 0) is 20.8 Å². The van der Waals surface area contributed by atoms with E-state index in [-0.39, 0.29) is 0 Å². The molecular formula is C27H28N8O3. The third kappa shape index (κ3) is 4.74. The van der Waals surface area contributed by atoms with Gasteiger partial charge in [0.1, 0.15) is 12.1 Å². The van der Waals surface area contributed by atoms with E-state index >= 15 is 0 Å². The predicted molar refractivity (Wildman–Crippen MR) is 141 cm³/mol. The Morgan fingerprint density at radius 3 is 2.71 bits per heavy atom. The highest BCUT2D eigenvalue weighted by molar-refractivity contribution is 5.82. The fourth-order valence-corrected chi connectivity index (χ4v) is 4.47. The van der Waals surface area contributed by atoms with Gasteiger partial charge in [0, 0.05) is 30.1 Å². The Balaban J connectivity index is 1.37. The van der Waals surface area contributed by atoms with E-state index in [1.165, 1.54) is 0 Å². The van der Waals surface area contributed by atoms with Crippen molar-refractivity contribution < 1.29 is 14.2 Å². The highest BCUT2D eigenvalue weighted by atomic mass is 16.7. The topological polar surface area (TPSA) is 114 Å². The molecule has 5 aromatic rings. The van der Waals surface area contributed by atoms with Crippen molar-refractivity contribution >= 4 is 22.5 Å². The summed E-state index contributed by atoms with van der Waals surface area (Å²) in [5.74, 6) is 1.41. The van der Waals surface area contributed by atoms with E-state index in [0.717, 1.165) is 50.7 Å². The molecule has 0 amide bonds. The molecule has 1 saturated heterocycles. The van der Waals surface area contributed by atoms with Gasteiger partial charge in [-0.05, 0) is 56.3 Å². The molecule has 0 aliphatic carbocycles. The maximum absolute atomic E-state index is 5.84. The number of methoxy groups -OCH3 is 1. The summed E-state index contributed by atoms with van der Waals surface area (Å²) in [6, 6.07) is 13.8. The molecule has 1 aromatic carbocycles. The molecule has 0 saturated carbocycles.